The lowest BCUT2D eigenvalue weighted by Crippen LogP contribution is -2.23. The van der Waals surface area contributed by atoms with Crippen molar-refractivity contribution in [2.45, 2.75) is 6.42 Å². The van der Waals surface area contributed by atoms with Crippen molar-refractivity contribution < 1.29 is 4.79 Å². The number of rotatable bonds is 4. The van der Waals surface area contributed by atoms with E-state index in [4.69, 9.17) is 5.73 Å². The number of amides is 1. The molecule has 0 radical (unpaired) electrons. The molecule has 2 rings (SSSR count). The molecule has 1 heterocycles. The number of aromatic nitrogens is 1. The Balaban J connectivity index is 2.18. The standard InChI is InChI=1S/C13H15N3O/c14-8-7-11-5-1-2-6-12(11)13(17)15-16-9-3-4-10-16/h1-6,9-10H,7-8,14H2,(H,15,17). The van der Waals surface area contributed by atoms with Crippen molar-refractivity contribution in [3.63, 3.8) is 0 Å². The lowest BCUT2D eigenvalue weighted by atomic mass is 10.0. The molecule has 0 saturated carbocycles. The van der Waals surface area contributed by atoms with Crippen molar-refractivity contribution in [2.24, 2.45) is 5.73 Å². The molecule has 17 heavy (non-hydrogen) atoms. The first-order valence-corrected chi connectivity index (χ1v) is 5.53. The summed E-state index contributed by atoms with van der Waals surface area (Å²) in [5.41, 5.74) is 9.95. The van der Waals surface area contributed by atoms with Crippen LogP contribution in [0, 0.1) is 0 Å². The molecule has 0 spiro atoms. The highest BCUT2D eigenvalue weighted by Gasteiger charge is 2.09. The van der Waals surface area contributed by atoms with Gasteiger partial charge in [-0.3, -0.25) is 14.9 Å². The number of carbonyl (C=O) groups is 1. The van der Waals surface area contributed by atoms with Crippen LogP contribution >= 0.6 is 0 Å². The summed E-state index contributed by atoms with van der Waals surface area (Å²) in [7, 11) is 0. The van der Waals surface area contributed by atoms with Crippen molar-refractivity contribution in [3.05, 3.63) is 59.9 Å². The molecule has 4 nitrogen and oxygen atoms in total. The summed E-state index contributed by atoms with van der Waals surface area (Å²) in [6, 6.07) is 11.2. The van der Waals surface area contributed by atoms with Gasteiger partial charge in [0.1, 0.15) is 0 Å². The van der Waals surface area contributed by atoms with Crippen LogP contribution in [0.2, 0.25) is 0 Å². The first-order chi connectivity index (χ1) is 8.31. The third kappa shape index (κ3) is 2.73. The number of hydrogen-bond acceptors (Lipinski definition) is 2. The molecule has 3 N–H and O–H groups in total. The van der Waals surface area contributed by atoms with Crippen molar-refractivity contribution in [3.8, 4) is 0 Å². The highest BCUT2D eigenvalue weighted by molar-refractivity contribution is 6.01. The van der Waals surface area contributed by atoms with Crippen molar-refractivity contribution in [2.75, 3.05) is 12.0 Å². The summed E-state index contributed by atoms with van der Waals surface area (Å²) >= 11 is 0. The van der Waals surface area contributed by atoms with Gasteiger partial charge in [0.05, 0.1) is 0 Å². The average molecular weight is 229 g/mol. The fourth-order valence-electron chi connectivity index (χ4n) is 1.70. The zero-order valence-electron chi connectivity index (χ0n) is 9.47. The molecule has 0 aliphatic heterocycles. The van der Waals surface area contributed by atoms with Crippen LogP contribution in [0.25, 0.3) is 0 Å². The number of benzene rings is 1. The van der Waals surface area contributed by atoms with Gasteiger partial charge in [-0.25, -0.2) is 0 Å². The molecular weight excluding hydrogens is 214 g/mol. The molecule has 2 aromatic rings. The monoisotopic (exact) mass is 229 g/mol. The van der Waals surface area contributed by atoms with Crippen LogP contribution in [0.3, 0.4) is 0 Å². The molecule has 1 aromatic carbocycles. The Kier molecular flexibility index (Phi) is 3.57. The predicted octanol–water partition coefficient (Wildman–Crippen LogP) is 1.37. The number of hydrogen-bond donors (Lipinski definition) is 2. The molecule has 1 amide bonds. The fraction of sp³-hybridized carbons (Fsp3) is 0.154. The van der Waals surface area contributed by atoms with E-state index in [1.54, 1.807) is 17.1 Å². The van der Waals surface area contributed by atoms with Gasteiger partial charge in [0.2, 0.25) is 0 Å². The number of nitrogens with one attached hydrogen (secondary N) is 1. The molecule has 0 aliphatic carbocycles. The highest BCUT2D eigenvalue weighted by atomic mass is 16.2. The summed E-state index contributed by atoms with van der Waals surface area (Å²) in [6.07, 6.45) is 4.27. The number of carbonyl (C=O) groups excluding carboxylic acids is 1. The van der Waals surface area contributed by atoms with E-state index in [1.807, 2.05) is 36.4 Å². The molecule has 1 aromatic heterocycles. The van der Waals surface area contributed by atoms with Gasteiger partial charge >= 0.3 is 0 Å². The summed E-state index contributed by atoms with van der Waals surface area (Å²) in [5, 5.41) is 0. The third-order valence-corrected chi connectivity index (χ3v) is 2.51. The maximum atomic E-state index is 12.0. The van der Waals surface area contributed by atoms with Crippen molar-refractivity contribution in [1.82, 2.24) is 4.68 Å². The summed E-state index contributed by atoms with van der Waals surface area (Å²) in [4.78, 5) is 12.0. The fourth-order valence-corrected chi connectivity index (χ4v) is 1.70. The van der Waals surface area contributed by atoms with Crippen LogP contribution in [-0.2, 0) is 6.42 Å². The molecule has 0 saturated heterocycles. The second-order valence-electron chi connectivity index (χ2n) is 3.73. The highest BCUT2D eigenvalue weighted by Crippen LogP contribution is 2.09. The van der Waals surface area contributed by atoms with Gasteiger partial charge in [0.25, 0.3) is 5.91 Å². The SMILES string of the molecule is NCCc1ccccc1C(=O)Nn1cccc1. The largest absolute Gasteiger partial charge is 0.330 e. The van der Waals surface area contributed by atoms with Gasteiger partial charge in [-0.2, -0.15) is 0 Å². The minimum absolute atomic E-state index is 0.120. The normalized spacial score (nSPS) is 10.2. The maximum absolute atomic E-state index is 12.0. The average Bonchev–Trinajstić information content (AvgIpc) is 2.83. The Labute approximate surface area is 100 Å². The summed E-state index contributed by atoms with van der Waals surface area (Å²) in [6.45, 7) is 0.536. The first kappa shape index (κ1) is 11.4. The predicted molar refractivity (Wildman–Crippen MR) is 67.3 cm³/mol. The van der Waals surface area contributed by atoms with Crippen LogP contribution in [-0.4, -0.2) is 17.1 Å². The molecule has 88 valence electrons. The molecule has 0 fully saturated rings. The van der Waals surface area contributed by atoms with Gasteiger partial charge < -0.3 is 5.73 Å². The Morgan fingerprint density at radius 3 is 2.59 bits per heavy atom. The molecule has 0 atom stereocenters. The molecule has 0 aliphatic rings. The smallest absolute Gasteiger partial charge is 0.270 e. The van der Waals surface area contributed by atoms with E-state index in [0.717, 1.165) is 5.56 Å². The van der Waals surface area contributed by atoms with E-state index in [1.165, 1.54) is 0 Å². The molecule has 4 heteroatoms. The third-order valence-electron chi connectivity index (χ3n) is 2.51. The lowest BCUT2D eigenvalue weighted by Gasteiger charge is -2.09. The van der Waals surface area contributed by atoms with Crippen molar-refractivity contribution >= 4 is 5.91 Å². The van der Waals surface area contributed by atoms with E-state index in [9.17, 15) is 4.79 Å². The quantitative estimate of drug-likeness (QED) is 0.832. The minimum atomic E-state index is -0.120. The Hall–Kier alpha value is -2.07. The maximum Gasteiger partial charge on any atom is 0.270 e. The molecule has 0 bridgehead atoms. The van der Waals surface area contributed by atoms with Crippen molar-refractivity contribution in [1.29, 1.82) is 0 Å². The van der Waals surface area contributed by atoms with Gasteiger partial charge in [0, 0.05) is 18.0 Å². The summed E-state index contributed by atoms with van der Waals surface area (Å²) in [5.74, 6) is -0.120. The zero-order chi connectivity index (χ0) is 12.1. The summed E-state index contributed by atoms with van der Waals surface area (Å²) < 4.78 is 1.63. The first-order valence-electron chi connectivity index (χ1n) is 5.53. The zero-order valence-corrected chi connectivity index (χ0v) is 9.47. The molecule has 0 unspecified atom stereocenters. The second-order valence-corrected chi connectivity index (χ2v) is 3.73. The molecular formula is C13H15N3O. The van der Waals surface area contributed by atoms with E-state index < -0.39 is 0 Å². The van der Waals surface area contributed by atoms with Gasteiger partial charge in [0.15, 0.2) is 0 Å². The van der Waals surface area contributed by atoms with Crippen LogP contribution in [0.4, 0.5) is 0 Å². The Bertz CT molecular complexity index is 491. The van der Waals surface area contributed by atoms with E-state index >= 15 is 0 Å². The van der Waals surface area contributed by atoms with Gasteiger partial charge in [-0.05, 0) is 36.7 Å². The Morgan fingerprint density at radius 1 is 1.18 bits per heavy atom. The topological polar surface area (TPSA) is 60.1 Å². The van der Waals surface area contributed by atoms with Crippen LogP contribution in [0.5, 0.6) is 0 Å². The van der Waals surface area contributed by atoms with E-state index in [2.05, 4.69) is 5.43 Å². The minimum Gasteiger partial charge on any atom is -0.330 e. The van der Waals surface area contributed by atoms with E-state index in [-0.39, 0.29) is 5.91 Å². The van der Waals surface area contributed by atoms with Gasteiger partial charge in [-0.15, -0.1) is 0 Å². The van der Waals surface area contributed by atoms with Crippen LogP contribution in [0.15, 0.2) is 48.8 Å². The number of nitrogens with two attached hydrogens (primary N) is 1. The Morgan fingerprint density at radius 2 is 1.88 bits per heavy atom. The lowest BCUT2D eigenvalue weighted by molar-refractivity contribution is 0.101. The van der Waals surface area contributed by atoms with Crippen LogP contribution in [0.1, 0.15) is 15.9 Å². The number of nitrogens with zero attached hydrogens (tertiary/aromatic N) is 1. The second kappa shape index (κ2) is 5.32. The van der Waals surface area contributed by atoms with Gasteiger partial charge in [-0.1, -0.05) is 18.2 Å². The van der Waals surface area contributed by atoms with Crippen LogP contribution < -0.4 is 11.2 Å². The van der Waals surface area contributed by atoms with E-state index in [0.29, 0.717) is 18.5 Å².